The predicted molar refractivity (Wildman–Crippen MR) is 180 cm³/mol. The molecule has 0 aliphatic rings. The molecule has 0 fully saturated rings. The maximum atomic E-state index is 14.2. The zero-order valence-electron chi connectivity index (χ0n) is 25.3. The number of sulfone groups is 1. The quantitative estimate of drug-likeness (QED) is 0.0704. The van der Waals surface area contributed by atoms with E-state index in [0.717, 1.165) is 0 Å². The number of carbonyl (C=O) groups excluding carboxylic acids is 2. The number of nitrogens with one attached hydrogen (secondary N) is 2. The lowest BCUT2D eigenvalue weighted by Gasteiger charge is -2.37. The number of benzene rings is 1. The third kappa shape index (κ3) is 15.2. The molecule has 2 amide bonds. The lowest BCUT2D eigenvalue weighted by molar-refractivity contribution is -0.142. The summed E-state index contributed by atoms with van der Waals surface area (Å²) in [6, 6.07) is 2.77. The number of halogens is 4. The van der Waals surface area contributed by atoms with E-state index in [0.29, 0.717) is 0 Å². The summed E-state index contributed by atoms with van der Waals surface area (Å²) in [5.41, 5.74) is 5.61. The third-order valence-electron chi connectivity index (χ3n) is 6.48. The molecule has 0 spiro atoms. The Bertz CT molecular complexity index is 1290. The van der Waals surface area contributed by atoms with Crippen LogP contribution in [0.25, 0.3) is 0 Å². The van der Waals surface area contributed by atoms with Crippen molar-refractivity contribution in [3.8, 4) is 0 Å². The van der Waals surface area contributed by atoms with Gasteiger partial charge in [-0.3, -0.25) is 18.9 Å². The average molecular weight is 787 g/mol. The van der Waals surface area contributed by atoms with E-state index >= 15 is 0 Å². The van der Waals surface area contributed by atoms with Crippen molar-refractivity contribution in [1.82, 2.24) is 20.0 Å². The van der Waals surface area contributed by atoms with E-state index in [1.54, 1.807) is 6.07 Å². The smallest absolute Gasteiger partial charge is 0.346 e. The molecule has 6 N–H and O–H groups in total. The van der Waals surface area contributed by atoms with E-state index in [9.17, 15) is 37.3 Å². The number of amides is 2. The van der Waals surface area contributed by atoms with Crippen LogP contribution in [0.3, 0.4) is 0 Å². The van der Waals surface area contributed by atoms with Crippen molar-refractivity contribution in [3.05, 3.63) is 35.9 Å². The van der Waals surface area contributed by atoms with Crippen LogP contribution in [0.4, 0.5) is 0 Å². The van der Waals surface area contributed by atoms with Gasteiger partial charge >= 0.3 is 19.6 Å². The molecule has 0 heterocycles. The molecule has 0 radical (unpaired) electrons. The van der Waals surface area contributed by atoms with Crippen LogP contribution in [0, 0.1) is 0 Å². The molecule has 47 heavy (non-hydrogen) atoms. The number of hydrogen-bond acceptors (Lipinski definition) is 9. The largest absolute Gasteiger partial charge is 0.480 e. The molecule has 268 valence electrons. The number of nitrogens with zero attached hydrogens (tertiary/aromatic N) is 2. The topological polar surface area (TPSA) is 226 Å². The Balaban J connectivity index is 3.26. The van der Waals surface area contributed by atoms with Gasteiger partial charge in [-0.25, -0.2) is 22.6 Å². The first-order valence-electron chi connectivity index (χ1n) is 14.2. The van der Waals surface area contributed by atoms with E-state index < -0.39 is 83.9 Å². The first-order chi connectivity index (χ1) is 22.1. The number of nitrogens with two attached hydrogens (primary N) is 1. The zero-order chi connectivity index (χ0) is 35.6. The highest BCUT2D eigenvalue weighted by Crippen LogP contribution is 2.54. The van der Waals surface area contributed by atoms with Gasteiger partial charge in [0.1, 0.15) is 12.1 Å². The highest BCUT2D eigenvalue weighted by atomic mass is 35.5. The van der Waals surface area contributed by atoms with Crippen LogP contribution in [0.2, 0.25) is 0 Å². The second-order valence-corrected chi connectivity index (χ2v) is 16.0. The van der Waals surface area contributed by atoms with Gasteiger partial charge in [0, 0.05) is 56.1 Å². The Morgan fingerprint density at radius 1 is 0.872 bits per heavy atom. The first kappa shape index (κ1) is 43.3. The molecular formula is C26H40Cl4N5O10PS. The molecule has 3 atom stereocenters. The highest BCUT2D eigenvalue weighted by molar-refractivity contribution is 7.91. The van der Waals surface area contributed by atoms with Crippen molar-refractivity contribution in [3.63, 3.8) is 0 Å². The van der Waals surface area contributed by atoms with Crippen LogP contribution >= 0.6 is 54.1 Å². The van der Waals surface area contributed by atoms with E-state index in [1.807, 2.05) is 0 Å². The summed E-state index contributed by atoms with van der Waals surface area (Å²) >= 11 is 23.6. The summed E-state index contributed by atoms with van der Waals surface area (Å²) in [6.07, 6.45) is -0.798. The number of carboxylic acid groups (broad SMARTS) is 2. The minimum absolute atomic E-state index is 0.0479. The molecule has 0 aliphatic carbocycles. The van der Waals surface area contributed by atoms with Gasteiger partial charge in [-0.15, -0.1) is 46.4 Å². The van der Waals surface area contributed by atoms with Gasteiger partial charge in [-0.05, 0) is 12.0 Å². The van der Waals surface area contributed by atoms with Crippen molar-refractivity contribution in [2.75, 3.05) is 67.8 Å². The molecule has 0 aliphatic heterocycles. The highest BCUT2D eigenvalue weighted by Gasteiger charge is 2.39. The van der Waals surface area contributed by atoms with Gasteiger partial charge in [-0.1, -0.05) is 30.3 Å². The van der Waals surface area contributed by atoms with Crippen LogP contribution in [-0.2, 0) is 38.1 Å². The molecule has 0 bridgehead atoms. The van der Waals surface area contributed by atoms with Crippen molar-refractivity contribution >= 4 is 87.7 Å². The minimum atomic E-state index is -4.29. The van der Waals surface area contributed by atoms with Crippen LogP contribution in [0.1, 0.15) is 24.4 Å². The van der Waals surface area contributed by atoms with Gasteiger partial charge in [0.2, 0.25) is 11.8 Å². The Hall–Kier alpha value is -1.72. The number of carbonyl (C=O) groups is 4. The normalized spacial score (nSPS) is 14.0. The van der Waals surface area contributed by atoms with E-state index in [2.05, 4.69) is 10.6 Å². The summed E-state index contributed by atoms with van der Waals surface area (Å²) in [4.78, 5) is 48.9. The maximum Gasteiger partial charge on any atom is 0.346 e. The molecule has 15 nitrogen and oxygen atoms in total. The van der Waals surface area contributed by atoms with E-state index in [1.165, 1.54) is 33.6 Å². The molecule has 2 unspecified atom stereocenters. The van der Waals surface area contributed by atoms with Gasteiger partial charge in [-0.2, -0.15) is 0 Å². The fourth-order valence-electron chi connectivity index (χ4n) is 4.12. The molecule has 1 rings (SSSR count). The van der Waals surface area contributed by atoms with Crippen molar-refractivity contribution < 1.29 is 46.9 Å². The summed E-state index contributed by atoms with van der Waals surface area (Å²) < 4.78 is 49.2. The fraction of sp³-hybridized carbons (Fsp3) is 0.615. The van der Waals surface area contributed by atoms with Crippen LogP contribution in [-0.4, -0.2) is 132 Å². The minimum Gasteiger partial charge on any atom is -0.480 e. The first-order valence-corrected chi connectivity index (χ1v) is 19.7. The molecule has 21 heteroatoms. The molecule has 0 saturated heterocycles. The number of carboxylic acids is 2. The monoisotopic (exact) mass is 785 g/mol. The lowest BCUT2D eigenvalue weighted by Crippen LogP contribution is -2.52. The average Bonchev–Trinajstić information content (AvgIpc) is 3.01. The lowest BCUT2D eigenvalue weighted by atomic mass is 10.1. The van der Waals surface area contributed by atoms with Crippen molar-refractivity contribution in [2.24, 2.45) is 5.73 Å². The summed E-state index contributed by atoms with van der Waals surface area (Å²) in [5.74, 6) is -6.46. The van der Waals surface area contributed by atoms with E-state index in [-0.39, 0.29) is 61.7 Å². The Morgan fingerprint density at radius 2 is 1.38 bits per heavy atom. The second-order valence-electron chi connectivity index (χ2n) is 9.90. The van der Waals surface area contributed by atoms with Gasteiger partial charge < -0.3 is 31.1 Å². The van der Waals surface area contributed by atoms with Gasteiger partial charge in [0.05, 0.1) is 18.1 Å². The summed E-state index contributed by atoms with van der Waals surface area (Å²) in [5, 5.41) is 23.2. The van der Waals surface area contributed by atoms with Gasteiger partial charge in [0.25, 0.3) is 0 Å². The van der Waals surface area contributed by atoms with Crippen LogP contribution in [0.15, 0.2) is 30.3 Å². The molecule has 0 saturated carbocycles. The third-order valence-corrected chi connectivity index (χ3v) is 11.5. The standard InChI is InChI=1S/C26H40Cl4N5O10PS/c27-8-12-34(13-9-28)46(42,35(14-10-29)15-11-30)45-16-17-47(43,44)18-21(32-22(36)7-6-20(31)25(38)39)24(37)33-23(26(40)41)19-4-2-1-3-5-19/h1-5,20-21,23H,6-18,31H2,(H,32,36)(H,33,37)(H,38,39)(H,40,41)/t20?,21?,23-/m1/s1. The Labute approximate surface area is 293 Å². The Kier molecular flexibility index (Phi) is 20.3. The van der Waals surface area contributed by atoms with Crippen molar-refractivity contribution in [2.45, 2.75) is 31.0 Å². The number of rotatable bonds is 25. The Morgan fingerprint density at radius 3 is 1.83 bits per heavy atom. The number of hydrogen-bond donors (Lipinski definition) is 5. The van der Waals surface area contributed by atoms with Crippen molar-refractivity contribution in [1.29, 1.82) is 0 Å². The van der Waals surface area contributed by atoms with Gasteiger partial charge in [0.15, 0.2) is 15.9 Å². The van der Waals surface area contributed by atoms with Crippen LogP contribution in [0.5, 0.6) is 0 Å². The summed E-state index contributed by atoms with van der Waals surface area (Å²) in [6.45, 7) is -0.327. The molecular weight excluding hydrogens is 747 g/mol. The zero-order valence-corrected chi connectivity index (χ0v) is 30.0. The van der Waals surface area contributed by atoms with E-state index in [4.69, 9.17) is 61.8 Å². The fourth-order valence-corrected chi connectivity index (χ4v) is 9.20. The number of aliphatic carboxylic acids is 2. The maximum absolute atomic E-state index is 14.2. The number of alkyl halides is 4. The predicted octanol–water partition coefficient (Wildman–Crippen LogP) is 1.70. The molecule has 0 aromatic heterocycles. The molecule has 1 aromatic rings. The summed E-state index contributed by atoms with van der Waals surface area (Å²) in [7, 11) is -8.26. The SMILES string of the molecule is NC(CCC(=O)NC(CS(=O)(=O)CCOP(=O)(N(CCCl)CCCl)N(CCCl)CCCl)C(=O)N[C@@H](C(=O)O)c1ccccc1)C(=O)O. The van der Waals surface area contributed by atoms with Crippen LogP contribution < -0.4 is 16.4 Å². The second kappa shape index (κ2) is 22.1. The molecule has 1 aromatic carbocycles.